The van der Waals surface area contributed by atoms with E-state index in [9.17, 15) is 39.0 Å². The zero-order valence-electron chi connectivity index (χ0n) is 30.6. The van der Waals surface area contributed by atoms with Gasteiger partial charge in [-0.25, -0.2) is 14.4 Å². The number of fused-ring (bicyclic) bond motifs is 5. The molecule has 3 amide bonds. The van der Waals surface area contributed by atoms with Crippen molar-refractivity contribution in [1.82, 2.24) is 10.6 Å². The highest BCUT2D eigenvalue weighted by Gasteiger charge is 2.58. The first kappa shape index (κ1) is 36.5. The number of hydrogen-bond donors (Lipinski definition) is 5. The molecule has 55 heavy (non-hydrogen) atoms. The minimum Gasteiger partial charge on any atom is -0.478 e. The van der Waals surface area contributed by atoms with E-state index in [1.165, 1.54) is 26.4 Å². The molecule has 3 aromatic rings. The Morgan fingerprint density at radius 2 is 1.38 bits per heavy atom. The van der Waals surface area contributed by atoms with Gasteiger partial charge in [-0.2, -0.15) is 0 Å². The number of esters is 1. The third-order valence-corrected chi connectivity index (χ3v) is 13.1. The average Bonchev–Trinajstić information content (AvgIpc) is 3.74. The van der Waals surface area contributed by atoms with Gasteiger partial charge in [0.1, 0.15) is 6.04 Å². The number of benzene rings is 3. The van der Waals surface area contributed by atoms with Crippen LogP contribution in [0.2, 0.25) is 0 Å². The van der Waals surface area contributed by atoms with Gasteiger partial charge in [0.15, 0.2) is 0 Å². The molecule has 0 aliphatic heterocycles. The number of hydrogen-bond acceptors (Lipinski definition) is 7. The van der Waals surface area contributed by atoms with Crippen LogP contribution in [0.1, 0.15) is 105 Å². The van der Waals surface area contributed by atoms with E-state index in [1.807, 2.05) is 24.3 Å². The second-order valence-corrected chi connectivity index (χ2v) is 16.6. The third kappa shape index (κ3) is 6.87. The standard InChI is InChI=1S/C43H45N3O9/c1-55-42(54)30-9-5-8-29-31-17-32(34(29)30)36(38(48)44-21-43-18-23-10-24(19-43)12-25(11-23)20-43)35(31)39(49)46-33(13-22-6-3-2-4-7-22)37(47)45-28-15-26(40(50)51)14-27(16-28)41(52)53/h2-9,14-16,23-25,31-33,35-36H,10-13,17-21H2,1H3,(H,44,48)(H,45,47)(H,46,49)(H,50,51)(H,52,53)/t23?,24?,25?,31-,32+,33-,35+,36-,43?/m0/s1. The van der Waals surface area contributed by atoms with Gasteiger partial charge in [-0.1, -0.05) is 42.5 Å². The quantitative estimate of drug-likeness (QED) is 0.152. The largest absolute Gasteiger partial charge is 0.478 e. The maximum absolute atomic E-state index is 14.7. The van der Waals surface area contributed by atoms with Gasteiger partial charge < -0.3 is 30.9 Å². The predicted octanol–water partition coefficient (Wildman–Crippen LogP) is 5.39. The molecule has 6 aliphatic rings. The van der Waals surface area contributed by atoms with Crippen molar-refractivity contribution < 1.29 is 43.7 Å². The summed E-state index contributed by atoms with van der Waals surface area (Å²) in [4.78, 5) is 79.8. The van der Waals surface area contributed by atoms with E-state index in [0.29, 0.717) is 36.3 Å². The maximum atomic E-state index is 14.7. The summed E-state index contributed by atoms with van der Waals surface area (Å²) >= 11 is 0. The van der Waals surface area contributed by atoms with Crippen molar-refractivity contribution in [3.8, 4) is 0 Å². The number of methoxy groups -OCH3 is 1. The van der Waals surface area contributed by atoms with Gasteiger partial charge in [0, 0.05) is 18.7 Å². The van der Waals surface area contributed by atoms with Crippen molar-refractivity contribution in [2.75, 3.05) is 19.0 Å². The van der Waals surface area contributed by atoms with E-state index in [0.717, 1.165) is 54.2 Å². The van der Waals surface area contributed by atoms with Crippen LogP contribution in [0, 0.1) is 35.0 Å². The Morgan fingerprint density at radius 1 is 0.764 bits per heavy atom. The Hall–Kier alpha value is -5.52. The highest BCUT2D eigenvalue weighted by Crippen LogP contribution is 2.62. The fourth-order valence-electron chi connectivity index (χ4n) is 11.4. The summed E-state index contributed by atoms with van der Waals surface area (Å²) in [6.45, 7) is 0.551. The van der Waals surface area contributed by atoms with Crippen LogP contribution in [-0.2, 0) is 25.5 Å². The van der Waals surface area contributed by atoms with E-state index in [1.54, 1.807) is 24.3 Å². The van der Waals surface area contributed by atoms with E-state index in [2.05, 4.69) is 16.0 Å². The lowest BCUT2D eigenvalue weighted by Gasteiger charge is -2.57. The molecular weight excluding hydrogens is 702 g/mol. The summed E-state index contributed by atoms with van der Waals surface area (Å²) in [6.07, 6.45) is 7.69. The van der Waals surface area contributed by atoms with E-state index >= 15 is 0 Å². The second-order valence-electron chi connectivity index (χ2n) is 16.6. The van der Waals surface area contributed by atoms with Gasteiger partial charge in [0.05, 0.1) is 35.6 Å². The molecular formula is C43H45N3O9. The Balaban J connectivity index is 1.09. The fraction of sp³-hybridized carbons (Fsp3) is 0.442. The number of amides is 3. The summed E-state index contributed by atoms with van der Waals surface area (Å²) in [5.74, 6) is -5.00. The van der Waals surface area contributed by atoms with Crippen LogP contribution in [0.5, 0.6) is 0 Å². The summed E-state index contributed by atoms with van der Waals surface area (Å²) in [7, 11) is 1.32. The minimum absolute atomic E-state index is 0.0549. The Morgan fingerprint density at radius 3 is 1.98 bits per heavy atom. The monoisotopic (exact) mass is 747 g/mol. The molecule has 0 spiro atoms. The molecule has 5 atom stereocenters. The van der Waals surface area contributed by atoms with E-state index in [-0.39, 0.29) is 34.6 Å². The van der Waals surface area contributed by atoms with Gasteiger partial charge in [-0.15, -0.1) is 0 Å². The lowest BCUT2D eigenvalue weighted by Crippen LogP contribution is -2.54. The van der Waals surface area contributed by atoms with Crippen molar-refractivity contribution in [3.05, 3.63) is 100 Å². The lowest BCUT2D eigenvalue weighted by molar-refractivity contribution is -0.137. The molecule has 0 heterocycles. The SMILES string of the molecule is COC(=O)c1cccc2c1[C@H]1C[C@@H]2[C@@H](C(=O)N[C@@H](Cc2ccccc2)C(=O)Nc2cc(C(=O)O)cc(C(=O)O)c2)[C@H]1C(=O)NCC12CC3CC(CC(C3)C1)C2. The fourth-order valence-corrected chi connectivity index (χ4v) is 11.4. The summed E-state index contributed by atoms with van der Waals surface area (Å²) in [5, 5.41) is 28.1. The Bertz CT molecular complexity index is 2010. The van der Waals surface area contributed by atoms with Gasteiger partial charge in [0.25, 0.3) is 0 Å². The van der Waals surface area contributed by atoms with Crippen LogP contribution in [-0.4, -0.2) is 65.5 Å². The summed E-state index contributed by atoms with van der Waals surface area (Å²) < 4.78 is 5.12. The molecule has 6 aliphatic carbocycles. The molecule has 0 radical (unpaired) electrons. The van der Waals surface area contributed by atoms with Crippen molar-refractivity contribution >= 4 is 41.3 Å². The number of rotatable bonds is 12. The lowest BCUT2D eigenvalue weighted by atomic mass is 9.49. The normalized spacial score (nSPS) is 28.5. The highest BCUT2D eigenvalue weighted by molar-refractivity contribution is 6.02. The zero-order valence-corrected chi connectivity index (χ0v) is 30.6. The van der Waals surface area contributed by atoms with Crippen molar-refractivity contribution in [2.45, 2.75) is 69.2 Å². The van der Waals surface area contributed by atoms with Crippen LogP contribution in [0.3, 0.4) is 0 Å². The van der Waals surface area contributed by atoms with Crippen LogP contribution >= 0.6 is 0 Å². The number of carboxylic acids is 2. The molecule has 5 fully saturated rings. The second kappa shape index (κ2) is 14.3. The number of nitrogens with one attached hydrogen (secondary N) is 3. The smallest absolute Gasteiger partial charge is 0.338 e. The predicted molar refractivity (Wildman–Crippen MR) is 200 cm³/mol. The average molecular weight is 748 g/mol. The molecule has 12 nitrogen and oxygen atoms in total. The van der Waals surface area contributed by atoms with Crippen LogP contribution in [0.15, 0.2) is 66.7 Å². The van der Waals surface area contributed by atoms with Crippen LogP contribution in [0.25, 0.3) is 0 Å². The van der Waals surface area contributed by atoms with Crippen LogP contribution < -0.4 is 16.0 Å². The summed E-state index contributed by atoms with van der Waals surface area (Å²) in [5.41, 5.74) is 2.03. The molecule has 0 saturated heterocycles. The summed E-state index contributed by atoms with van der Waals surface area (Å²) in [6, 6.07) is 16.5. The number of carbonyl (C=O) groups is 6. The van der Waals surface area contributed by atoms with Gasteiger partial charge >= 0.3 is 17.9 Å². The Labute approximate surface area is 318 Å². The first-order valence-electron chi connectivity index (χ1n) is 19.2. The molecule has 0 unspecified atom stereocenters. The number of carboxylic acid groups (broad SMARTS) is 2. The molecule has 286 valence electrons. The van der Waals surface area contributed by atoms with E-state index in [4.69, 9.17) is 4.74 Å². The van der Waals surface area contributed by atoms with Crippen LogP contribution in [0.4, 0.5) is 5.69 Å². The number of anilines is 1. The van der Waals surface area contributed by atoms with Gasteiger partial charge in [-0.3, -0.25) is 14.4 Å². The van der Waals surface area contributed by atoms with Crippen molar-refractivity contribution in [2.24, 2.45) is 35.0 Å². The topological polar surface area (TPSA) is 188 Å². The third-order valence-electron chi connectivity index (χ3n) is 13.1. The van der Waals surface area contributed by atoms with Gasteiger partial charge in [-0.05, 0) is 121 Å². The van der Waals surface area contributed by atoms with Gasteiger partial charge in [0.2, 0.25) is 17.7 Å². The molecule has 9 rings (SSSR count). The molecule has 5 N–H and O–H groups in total. The molecule has 3 aromatic carbocycles. The van der Waals surface area contributed by atoms with E-state index < -0.39 is 59.4 Å². The maximum Gasteiger partial charge on any atom is 0.338 e. The van der Waals surface area contributed by atoms with Crippen molar-refractivity contribution in [1.29, 1.82) is 0 Å². The molecule has 6 bridgehead atoms. The minimum atomic E-state index is -1.37. The molecule has 5 saturated carbocycles. The first-order valence-corrected chi connectivity index (χ1v) is 19.2. The van der Waals surface area contributed by atoms with Crippen molar-refractivity contribution in [3.63, 3.8) is 0 Å². The highest BCUT2D eigenvalue weighted by atomic mass is 16.5. The molecule has 0 aromatic heterocycles. The molecule has 12 heteroatoms. The first-order chi connectivity index (χ1) is 26.4. The zero-order chi connectivity index (χ0) is 38.6. The Kier molecular flexibility index (Phi) is 9.47. The number of carbonyl (C=O) groups excluding carboxylic acids is 4. The number of ether oxygens (including phenoxy) is 1. The number of aromatic carboxylic acids is 2.